The molecule has 1 aromatic carbocycles. The molecule has 1 heterocycles. The fraction of sp³-hybridized carbons (Fsp3) is 0.400. The molecule has 1 nitrogen and oxygen atoms in total. The molecule has 0 saturated heterocycles. The second kappa shape index (κ2) is 3.50. The largest absolute Gasteiger partial charge is 0.305 e. The Morgan fingerprint density at radius 3 is 3.08 bits per heavy atom. The number of hydrogen-bond donors (Lipinski definition) is 1. The molecule has 1 N–H and O–H groups in total. The zero-order chi connectivity index (χ0) is 8.39. The molecule has 2 rings (SSSR count). The molecule has 0 radical (unpaired) electrons. The lowest BCUT2D eigenvalue weighted by atomic mass is 10.0. The van der Waals surface area contributed by atoms with Crippen LogP contribution >= 0.6 is 11.8 Å². The minimum atomic E-state index is 0.509. The maximum atomic E-state index is 3.32. The molecule has 2 heteroatoms. The summed E-state index contributed by atoms with van der Waals surface area (Å²) in [4.78, 5) is 0. The van der Waals surface area contributed by atoms with Crippen LogP contribution in [-0.2, 0) is 6.42 Å². The fourth-order valence-corrected chi connectivity index (χ4v) is 2.78. The van der Waals surface area contributed by atoms with Gasteiger partial charge in [0.15, 0.2) is 0 Å². The smallest absolute Gasteiger partial charge is 0.0789 e. The van der Waals surface area contributed by atoms with Crippen molar-refractivity contribution in [3.05, 3.63) is 35.4 Å². The lowest BCUT2D eigenvalue weighted by molar-refractivity contribution is 0.771. The minimum Gasteiger partial charge on any atom is -0.305 e. The van der Waals surface area contributed by atoms with E-state index in [-0.39, 0.29) is 0 Å². The first kappa shape index (κ1) is 8.14. The molecule has 12 heavy (non-hydrogen) atoms. The normalized spacial score (nSPS) is 21.9. The molecular weight excluding hydrogens is 166 g/mol. The van der Waals surface area contributed by atoms with Crippen molar-refractivity contribution in [2.45, 2.75) is 11.8 Å². The van der Waals surface area contributed by atoms with Gasteiger partial charge in [-0.1, -0.05) is 24.3 Å². The summed E-state index contributed by atoms with van der Waals surface area (Å²) in [5.41, 5.74) is 2.98. The summed E-state index contributed by atoms with van der Waals surface area (Å²) >= 11 is 1.99. The van der Waals surface area contributed by atoms with Crippen LogP contribution in [0.15, 0.2) is 24.3 Å². The second-order valence-corrected chi connectivity index (χ2v) is 4.20. The molecule has 0 fully saturated rings. The van der Waals surface area contributed by atoms with Crippen molar-refractivity contribution in [3.8, 4) is 0 Å². The molecule has 0 amide bonds. The Morgan fingerprint density at radius 2 is 2.25 bits per heavy atom. The highest BCUT2D eigenvalue weighted by Gasteiger charge is 2.17. The van der Waals surface area contributed by atoms with E-state index in [1.807, 2.05) is 18.8 Å². The molecule has 0 bridgehead atoms. The molecule has 0 saturated carbocycles. The zero-order valence-electron chi connectivity index (χ0n) is 7.21. The Bertz CT molecular complexity index is 272. The molecule has 1 unspecified atom stereocenters. The SMILES string of the molecule is CNC1SCCc2ccccc21. The summed E-state index contributed by atoms with van der Waals surface area (Å²) in [5, 5.41) is 3.83. The molecule has 1 aliphatic rings. The molecule has 1 aromatic rings. The van der Waals surface area contributed by atoms with Crippen molar-refractivity contribution in [3.63, 3.8) is 0 Å². The molecule has 64 valence electrons. The highest BCUT2D eigenvalue weighted by Crippen LogP contribution is 2.33. The summed E-state index contributed by atoms with van der Waals surface area (Å²) in [5.74, 6) is 1.24. The van der Waals surface area contributed by atoms with Gasteiger partial charge in [0.25, 0.3) is 0 Å². The van der Waals surface area contributed by atoms with Crippen LogP contribution in [0.4, 0.5) is 0 Å². The monoisotopic (exact) mass is 179 g/mol. The number of nitrogens with one attached hydrogen (secondary N) is 1. The van der Waals surface area contributed by atoms with Crippen LogP contribution in [-0.4, -0.2) is 12.8 Å². The quantitative estimate of drug-likeness (QED) is 0.709. The molecule has 0 aliphatic carbocycles. The van der Waals surface area contributed by atoms with Crippen molar-refractivity contribution in [1.29, 1.82) is 0 Å². The van der Waals surface area contributed by atoms with Gasteiger partial charge in [-0.05, 0) is 30.3 Å². The summed E-state index contributed by atoms with van der Waals surface area (Å²) in [7, 11) is 2.03. The van der Waals surface area contributed by atoms with Gasteiger partial charge in [0.2, 0.25) is 0 Å². The van der Waals surface area contributed by atoms with Crippen LogP contribution in [0.1, 0.15) is 16.5 Å². The molecule has 1 atom stereocenters. The molecule has 1 aliphatic heterocycles. The van der Waals surface area contributed by atoms with Gasteiger partial charge in [-0.25, -0.2) is 0 Å². The maximum absolute atomic E-state index is 3.32. The van der Waals surface area contributed by atoms with Gasteiger partial charge in [0.05, 0.1) is 5.37 Å². The van der Waals surface area contributed by atoms with Gasteiger partial charge in [-0.3, -0.25) is 0 Å². The van der Waals surface area contributed by atoms with Crippen LogP contribution in [0, 0.1) is 0 Å². The van der Waals surface area contributed by atoms with E-state index < -0.39 is 0 Å². The van der Waals surface area contributed by atoms with Gasteiger partial charge >= 0.3 is 0 Å². The van der Waals surface area contributed by atoms with E-state index in [1.165, 1.54) is 23.3 Å². The number of rotatable bonds is 1. The lowest BCUT2D eigenvalue weighted by Crippen LogP contribution is -2.19. The summed E-state index contributed by atoms with van der Waals surface area (Å²) in [6, 6.07) is 8.71. The van der Waals surface area contributed by atoms with Gasteiger partial charge in [0.1, 0.15) is 0 Å². The summed E-state index contributed by atoms with van der Waals surface area (Å²) in [6.07, 6.45) is 1.22. The van der Waals surface area contributed by atoms with E-state index in [0.29, 0.717) is 5.37 Å². The van der Waals surface area contributed by atoms with Crippen molar-refractivity contribution >= 4 is 11.8 Å². The number of benzene rings is 1. The van der Waals surface area contributed by atoms with E-state index in [0.717, 1.165) is 0 Å². The third kappa shape index (κ3) is 1.37. The summed E-state index contributed by atoms with van der Waals surface area (Å²) < 4.78 is 0. The Hall–Kier alpha value is -0.470. The van der Waals surface area contributed by atoms with E-state index >= 15 is 0 Å². The molecule has 0 spiro atoms. The van der Waals surface area contributed by atoms with Gasteiger partial charge in [-0.2, -0.15) is 0 Å². The first-order chi connectivity index (χ1) is 5.92. The van der Waals surface area contributed by atoms with Crippen LogP contribution in [0.5, 0.6) is 0 Å². The minimum absolute atomic E-state index is 0.509. The Morgan fingerprint density at radius 1 is 1.42 bits per heavy atom. The average molecular weight is 179 g/mol. The average Bonchev–Trinajstić information content (AvgIpc) is 2.17. The van der Waals surface area contributed by atoms with Gasteiger partial charge in [-0.15, -0.1) is 11.8 Å². The number of thioether (sulfide) groups is 1. The molecular formula is C10H13NS. The van der Waals surface area contributed by atoms with Crippen molar-refractivity contribution < 1.29 is 0 Å². The zero-order valence-corrected chi connectivity index (χ0v) is 8.03. The van der Waals surface area contributed by atoms with Crippen molar-refractivity contribution in [1.82, 2.24) is 5.32 Å². The third-order valence-electron chi connectivity index (χ3n) is 2.26. The number of hydrogen-bond acceptors (Lipinski definition) is 2. The molecule has 0 aromatic heterocycles. The topological polar surface area (TPSA) is 12.0 Å². The third-order valence-corrected chi connectivity index (χ3v) is 3.52. The first-order valence-electron chi connectivity index (χ1n) is 4.28. The van der Waals surface area contributed by atoms with Crippen LogP contribution < -0.4 is 5.32 Å². The maximum Gasteiger partial charge on any atom is 0.0789 e. The van der Waals surface area contributed by atoms with Gasteiger partial charge < -0.3 is 5.32 Å². The van der Waals surface area contributed by atoms with Crippen LogP contribution in [0.25, 0.3) is 0 Å². The fourth-order valence-electron chi connectivity index (χ4n) is 1.63. The Labute approximate surface area is 77.6 Å². The predicted molar refractivity (Wildman–Crippen MR) is 54.4 cm³/mol. The van der Waals surface area contributed by atoms with E-state index in [1.54, 1.807) is 0 Å². The van der Waals surface area contributed by atoms with Crippen molar-refractivity contribution in [2.75, 3.05) is 12.8 Å². The number of fused-ring (bicyclic) bond motifs is 1. The predicted octanol–water partition coefficient (Wildman–Crippen LogP) is 2.19. The Balaban J connectivity index is 2.37. The van der Waals surface area contributed by atoms with Crippen LogP contribution in [0.2, 0.25) is 0 Å². The lowest BCUT2D eigenvalue weighted by Gasteiger charge is -2.24. The second-order valence-electron chi connectivity index (χ2n) is 2.99. The van der Waals surface area contributed by atoms with E-state index in [9.17, 15) is 0 Å². The highest BCUT2D eigenvalue weighted by molar-refractivity contribution is 7.99. The first-order valence-corrected chi connectivity index (χ1v) is 5.33. The van der Waals surface area contributed by atoms with Crippen LogP contribution in [0.3, 0.4) is 0 Å². The van der Waals surface area contributed by atoms with Gasteiger partial charge in [0, 0.05) is 0 Å². The number of aryl methyl sites for hydroxylation is 1. The highest BCUT2D eigenvalue weighted by atomic mass is 32.2. The Kier molecular flexibility index (Phi) is 2.38. The van der Waals surface area contributed by atoms with E-state index in [4.69, 9.17) is 0 Å². The van der Waals surface area contributed by atoms with Crippen molar-refractivity contribution in [2.24, 2.45) is 0 Å². The standard InChI is InChI=1S/C10H13NS/c1-11-10-9-5-3-2-4-8(9)6-7-12-10/h2-5,10-11H,6-7H2,1H3. The summed E-state index contributed by atoms with van der Waals surface area (Å²) in [6.45, 7) is 0. The van der Waals surface area contributed by atoms with E-state index in [2.05, 4.69) is 29.6 Å².